The van der Waals surface area contributed by atoms with Crippen LogP contribution in [0.25, 0.3) is 5.65 Å². The Balaban J connectivity index is 1.42. The molecule has 1 unspecified atom stereocenters. The molecule has 4 rings (SSSR count). The normalized spacial score (nSPS) is 18.0. The van der Waals surface area contributed by atoms with Gasteiger partial charge in [0.05, 0.1) is 17.4 Å². The molecule has 0 saturated carbocycles. The first-order chi connectivity index (χ1) is 13.9. The molecule has 8 nitrogen and oxygen atoms in total. The predicted molar refractivity (Wildman–Crippen MR) is 103 cm³/mol. The average molecular weight is 417 g/mol. The number of carbonyl (C=O) groups excluding carboxylic acids is 1. The first-order valence-corrected chi connectivity index (χ1v) is 10.7. The van der Waals surface area contributed by atoms with E-state index in [9.17, 15) is 17.6 Å². The molecule has 1 fully saturated rings. The van der Waals surface area contributed by atoms with Gasteiger partial charge in [-0.25, -0.2) is 12.8 Å². The molecule has 0 aliphatic carbocycles. The second-order valence-corrected chi connectivity index (χ2v) is 8.86. The lowest BCUT2D eigenvalue weighted by Crippen LogP contribution is -2.45. The number of carbonyl (C=O) groups is 1. The van der Waals surface area contributed by atoms with Crippen LogP contribution in [0.3, 0.4) is 0 Å². The van der Waals surface area contributed by atoms with Crippen LogP contribution in [0.1, 0.15) is 18.7 Å². The summed E-state index contributed by atoms with van der Waals surface area (Å²) in [5.74, 6) is -0.587. The average Bonchev–Trinajstić information content (AvgIpc) is 3.15. The van der Waals surface area contributed by atoms with E-state index >= 15 is 0 Å². The van der Waals surface area contributed by atoms with Crippen molar-refractivity contribution in [2.45, 2.75) is 24.3 Å². The van der Waals surface area contributed by atoms with Crippen molar-refractivity contribution in [1.29, 1.82) is 0 Å². The number of nitrogens with one attached hydrogen (secondary N) is 1. The molecule has 1 aliphatic heterocycles. The number of rotatable bonds is 5. The summed E-state index contributed by atoms with van der Waals surface area (Å²) in [7, 11) is -3.77. The van der Waals surface area contributed by atoms with Gasteiger partial charge in [-0.05, 0) is 49.2 Å². The SMILES string of the molecule is O=C(NCc1nnc2ccccn12)C1CCCN(S(=O)(=O)c2ccc(F)cc2)C1. The maximum Gasteiger partial charge on any atom is 0.243 e. The molecule has 29 heavy (non-hydrogen) atoms. The van der Waals surface area contributed by atoms with Gasteiger partial charge < -0.3 is 5.32 Å². The second kappa shape index (κ2) is 7.88. The predicted octanol–water partition coefficient (Wildman–Crippen LogP) is 1.59. The first-order valence-electron chi connectivity index (χ1n) is 9.27. The van der Waals surface area contributed by atoms with Crippen LogP contribution < -0.4 is 5.32 Å². The molecule has 10 heteroatoms. The molecule has 1 saturated heterocycles. The van der Waals surface area contributed by atoms with Crippen molar-refractivity contribution in [2.24, 2.45) is 5.92 Å². The van der Waals surface area contributed by atoms with Gasteiger partial charge >= 0.3 is 0 Å². The van der Waals surface area contributed by atoms with E-state index in [0.29, 0.717) is 30.9 Å². The highest BCUT2D eigenvalue weighted by atomic mass is 32.2. The van der Waals surface area contributed by atoms with E-state index in [-0.39, 0.29) is 23.9 Å². The summed E-state index contributed by atoms with van der Waals surface area (Å²) < 4.78 is 41.8. The minimum absolute atomic E-state index is 0.0230. The first kappa shape index (κ1) is 19.5. The summed E-state index contributed by atoms with van der Waals surface area (Å²) in [6, 6.07) is 10.2. The number of hydrogen-bond donors (Lipinski definition) is 1. The van der Waals surface area contributed by atoms with E-state index in [1.807, 2.05) is 24.4 Å². The maximum atomic E-state index is 13.1. The third kappa shape index (κ3) is 3.99. The van der Waals surface area contributed by atoms with Crippen LogP contribution in [0, 0.1) is 11.7 Å². The number of piperidine rings is 1. The molecule has 1 amide bonds. The van der Waals surface area contributed by atoms with Gasteiger partial charge in [-0.15, -0.1) is 10.2 Å². The van der Waals surface area contributed by atoms with E-state index in [1.54, 1.807) is 4.40 Å². The quantitative estimate of drug-likeness (QED) is 0.680. The van der Waals surface area contributed by atoms with Gasteiger partial charge in [0, 0.05) is 19.3 Å². The lowest BCUT2D eigenvalue weighted by atomic mass is 9.99. The van der Waals surface area contributed by atoms with E-state index < -0.39 is 21.8 Å². The number of nitrogens with zero attached hydrogens (tertiary/aromatic N) is 4. The Kier molecular flexibility index (Phi) is 5.29. The molecular formula is C19H20FN5O3S. The largest absolute Gasteiger partial charge is 0.349 e. The number of hydrogen-bond acceptors (Lipinski definition) is 5. The Morgan fingerprint density at radius 2 is 1.97 bits per heavy atom. The Bertz CT molecular complexity index is 1130. The van der Waals surface area contributed by atoms with Gasteiger partial charge in [0.2, 0.25) is 15.9 Å². The Labute approximate surface area is 167 Å². The van der Waals surface area contributed by atoms with Gasteiger partial charge in [-0.1, -0.05) is 6.07 Å². The lowest BCUT2D eigenvalue weighted by molar-refractivity contribution is -0.126. The standard InChI is InChI=1S/C19H20FN5O3S/c20-15-6-8-16(9-7-15)29(27,28)24-10-3-4-14(13-24)19(26)21-12-18-23-22-17-5-1-2-11-25(17)18/h1-2,5-9,11,14H,3-4,10,12-13H2,(H,21,26). The fraction of sp³-hybridized carbons (Fsp3) is 0.316. The zero-order valence-corrected chi connectivity index (χ0v) is 16.3. The third-order valence-electron chi connectivity index (χ3n) is 5.01. The van der Waals surface area contributed by atoms with Crippen molar-refractivity contribution < 1.29 is 17.6 Å². The third-order valence-corrected chi connectivity index (χ3v) is 6.89. The van der Waals surface area contributed by atoms with Gasteiger partial charge in [-0.2, -0.15) is 4.31 Å². The highest BCUT2D eigenvalue weighted by Gasteiger charge is 2.33. The molecule has 1 N–H and O–H groups in total. The van der Waals surface area contributed by atoms with Gasteiger partial charge in [0.1, 0.15) is 5.82 Å². The molecular weight excluding hydrogens is 397 g/mol. The van der Waals surface area contributed by atoms with Crippen LogP contribution in [0.2, 0.25) is 0 Å². The van der Waals surface area contributed by atoms with Crippen LogP contribution in [0.4, 0.5) is 4.39 Å². The summed E-state index contributed by atoms with van der Waals surface area (Å²) in [6.45, 7) is 0.621. The van der Waals surface area contributed by atoms with Crippen molar-refractivity contribution >= 4 is 21.6 Å². The van der Waals surface area contributed by atoms with Crippen molar-refractivity contribution in [3.8, 4) is 0 Å². The minimum atomic E-state index is -3.77. The number of sulfonamides is 1. The zero-order chi connectivity index (χ0) is 20.4. The van der Waals surface area contributed by atoms with Crippen LogP contribution in [0.15, 0.2) is 53.6 Å². The Morgan fingerprint density at radius 1 is 1.17 bits per heavy atom. The molecule has 0 radical (unpaired) electrons. The smallest absolute Gasteiger partial charge is 0.243 e. The van der Waals surface area contributed by atoms with E-state index in [1.165, 1.54) is 16.4 Å². The minimum Gasteiger partial charge on any atom is -0.349 e. The fourth-order valence-corrected chi connectivity index (χ4v) is 4.98. The van der Waals surface area contributed by atoms with Crippen LogP contribution in [-0.2, 0) is 21.4 Å². The number of aromatic nitrogens is 3. The van der Waals surface area contributed by atoms with Gasteiger partial charge in [0.25, 0.3) is 0 Å². The molecule has 1 aliphatic rings. The molecule has 1 atom stereocenters. The van der Waals surface area contributed by atoms with E-state index in [0.717, 1.165) is 12.1 Å². The van der Waals surface area contributed by atoms with E-state index in [2.05, 4.69) is 15.5 Å². The maximum absolute atomic E-state index is 13.1. The van der Waals surface area contributed by atoms with Crippen LogP contribution in [-0.4, -0.2) is 46.3 Å². The van der Waals surface area contributed by atoms with Crippen molar-refractivity contribution in [2.75, 3.05) is 13.1 Å². The highest BCUT2D eigenvalue weighted by Crippen LogP contribution is 2.24. The van der Waals surface area contributed by atoms with Crippen molar-refractivity contribution in [1.82, 2.24) is 24.2 Å². The topological polar surface area (TPSA) is 96.7 Å². The summed E-state index contributed by atoms with van der Waals surface area (Å²) in [5.41, 5.74) is 0.686. The summed E-state index contributed by atoms with van der Waals surface area (Å²) in [5, 5.41) is 10.9. The molecule has 3 aromatic rings. The highest BCUT2D eigenvalue weighted by molar-refractivity contribution is 7.89. The van der Waals surface area contributed by atoms with Gasteiger partial charge in [0.15, 0.2) is 11.5 Å². The van der Waals surface area contributed by atoms with Crippen LogP contribution >= 0.6 is 0 Å². The van der Waals surface area contributed by atoms with E-state index in [4.69, 9.17) is 0 Å². The zero-order valence-electron chi connectivity index (χ0n) is 15.5. The number of amides is 1. The molecule has 3 heterocycles. The summed E-state index contributed by atoms with van der Waals surface area (Å²) >= 11 is 0. The summed E-state index contributed by atoms with van der Waals surface area (Å²) in [4.78, 5) is 12.7. The Hall–Kier alpha value is -2.85. The molecule has 1 aromatic carbocycles. The van der Waals surface area contributed by atoms with Crippen molar-refractivity contribution in [3.63, 3.8) is 0 Å². The molecule has 0 spiro atoms. The van der Waals surface area contributed by atoms with Gasteiger partial charge in [-0.3, -0.25) is 9.20 Å². The molecule has 0 bridgehead atoms. The number of halogens is 1. The number of pyridine rings is 1. The second-order valence-electron chi connectivity index (χ2n) is 6.92. The molecule has 152 valence electrons. The lowest BCUT2D eigenvalue weighted by Gasteiger charge is -2.31. The molecule has 2 aromatic heterocycles. The monoisotopic (exact) mass is 417 g/mol. The van der Waals surface area contributed by atoms with Crippen LogP contribution in [0.5, 0.6) is 0 Å². The number of fused-ring (bicyclic) bond motifs is 1. The number of benzene rings is 1. The van der Waals surface area contributed by atoms with Crippen molar-refractivity contribution in [3.05, 3.63) is 60.3 Å². The fourth-order valence-electron chi connectivity index (χ4n) is 3.45. The Morgan fingerprint density at radius 3 is 2.76 bits per heavy atom. The summed E-state index contributed by atoms with van der Waals surface area (Å²) in [6.07, 6.45) is 2.99.